The Kier molecular flexibility index (Phi) is 6.15. The first-order valence-electron chi connectivity index (χ1n) is 5.62. The van der Waals surface area contributed by atoms with Crippen LogP contribution < -0.4 is 0 Å². The van der Waals surface area contributed by atoms with Crippen LogP contribution in [0.3, 0.4) is 0 Å². The van der Waals surface area contributed by atoms with Crippen LogP contribution in [-0.4, -0.2) is 32.7 Å². The summed E-state index contributed by atoms with van der Waals surface area (Å²) in [6, 6.07) is 0. The van der Waals surface area contributed by atoms with Crippen LogP contribution >= 0.6 is 0 Å². The van der Waals surface area contributed by atoms with Gasteiger partial charge in [0.1, 0.15) is 6.10 Å². The highest BCUT2D eigenvalue weighted by molar-refractivity contribution is 4.64. The fraction of sp³-hybridized carbons (Fsp3) is 1.00. The summed E-state index contributed by atoms with van der Waals surface area (Å²) < 4.78 is 16.1. The van der Waals surface area contributed by atoms with Gasteiger partial charge in [0, 0.05) is 7.11 Å². The summed E-state index contributed by atoms with van der Waals surface area (Å²) in [5.41, 5.74) is 0. The SMILES string of the molecule is CCCCCC[C@@H]1OC[C@@H](COC)O1. The first kappa shape index (κ1) is 12.0. The van der Waals surface area contributed by atoms with E-state index >= 15 is 0 Å². The van der Waals surface area contributed by atoms with Gasteiger partial charge < -0.3 is 14.2 Å². The van der Waals surface area contributed by atoms with Crippen molar-refractivity contribution in [2.75, 3.05) is 20.3 Å². The summed E-state index contributed by atoms with van der Waals surface area (Å²) in [6.07, 6.45) is 6.28. The molecule has 0 bridgehead atoms. The Morgan fingerprint density at radius 2 is 2.14 bits per heavy atom. The van der Waals surface area contributed by atoms with E-state index in [0.29, 0.717) is 13.2 Å². The van der Waals surface area contributed by atoms with Gasteiger partial charge in [-0.05, 0) is 12.8 Å². The zero-order valence-electron chi connectivity index (χ0n) is 9.33. The molecule has 0 aliphatic carbocycles. The average Bonchev–Trinajstić information content (AvgIpc) is 2.61. The van der Waals surface area contributed by atoms with Crippen LogP contribution in [-0.2, 0) is 14.2 Å². The fourth-order valence-electron chi connectivity index (χ4n) is 1.67. The molecule has 14 heavy (non-hydrogen) atoms. The van der Waals surface area contributed by atoms with Gasteiger partial charge in [0.2, 0.25) is 0 Å². The third kappa shape index (κ3) is 4.40. The molecule has 0 aromatic carbocycles. The second kappa shape index (κ2) is 7.21. The van der Waals surface area contributed by atoms with Gasteiger partial charge >= 0.3 is 0 Å². The number of ether oxygens (including phenoxy) is 3. The molecule has 0 unspecified atom stereocenters. The minimum atomic E-state index is 0.0204. The molecule has 3 nitrogen and oxygen atoms in total. The maximum Gasteiger partial charge on any atom is 0.158 e. The van der Waals surface area contributed by atoms with Crippen molar-refractivity contribution in [3.63, 3.8) is 0 Å². The number of hydrogen-bond acceptors (Lipinski definition) is 3. The highest BCUT2D eigenvalue weighted by atomic mass is 16.7. The molecule has 1 rings (SSSR count). The van der Waals surface area contributed by atoms with Gasteiger partial charge in [-0.15, -0.1) is 0 Å². The van der Waals surface area contributed by atoms with Crippen LogP contribution in [0.1, 0.15) is 39.0 Å². The van der Waals surface area contributed by atoms with Crippen LogP contribution in [0.25, 0.3) is 0 Å². The largest absolute Gasteiger partial charge is 0.382 e. The smallest absolute Gasteiger partial charge is 0.158 e. The lowest BCUT2D eigenvalue weighted by Gasteiger charge is -2.10. The highest BCUT2D eigenvalue weighted by Crippen LogP contribution is 2.17. The van der Waals surface area contributed by atoms with Crippen molar-refractivity contribution in [3.05, 3.63) is 0 Å². The number of hydrogen-bond donors (Lipinski definition) is 0. The molecule has 1 saturated heterocycles. The van der Waals surface area contributed by atoms with Crippen molar-refractivity contribution in [2.24, 2.45) is 0 Å². The summed E-state index contributed by atoms with van der Waals surface area (Å²) >= 11 is 0. The topological polar surface area (TPSA) is 27.7 Å². The van der Waals surface area contributed by atoms with Gasteiger partial charge in [-0.3, -0.25) is 0 Å². The molecular formula is C11H22O3. The van der Waals surface area contributed by atoms with E-state index in [0.717, 1.165) is 6.42 Å². The lowest BCUT2D eigenvalue weighted by atomic mass is 10.1. The quantitative estimate of drug-likeness (QED) is 0.593. The molecule has 3 heteroatoms. The zero-order valence-corrected chi connectivity index (χ0v) is 9.33. The van der Waals surface area contributed by atoms with Gasteiger partial charge in [-0.2, -0.15) is 0 Å². The Labute approximate surface area is 86.7 Å². The molecule has 1 aliphatic heterocycles. The average molecular weight is 202 g/mol. The van der Waals surface area contributed by atoms with E-state index in [-0.39, 0.29) is 12.4 Å². The normalized spacial score (nSPS) is 27.0. The highest BCUT2D eigenvalue weighted by Gasteiger charge is 2.24. The summed E-state index contributed by atoms with van der Waals surface area (Å²) in [7, 11) is 1.69. The Balaban J connectivity index is 1.98. The first-order chi connectivity index (χ1) is 6.86. The second-order valence-corrected chi connectivity index (χ2v) is 3.83. The molecular weight excluding hydrogens is 180 g/mol. The predicted molar refractivity (Wildman–Crippen MR) is 55.2 cm³/mol. The number of unbranched alkanes of at least 4 members (excludes halogenated alkanes) is 3. The van der Waals surface area contributed by atoms with E-state index in [2.05, 4.69) is 6.92 Å². The first-order valence-corrected chi connectivity index (χ1v) is 5.62. The summed E-state index contributed by atoms with van der Waals surface area (Å²) in [5.74, 6) is 0. The van der Waals surface area contributed by atoms with Crippen LogP contribution in [0.4, 0.5) is 0 Å². The fourth-order valence-corrected chi connectivity index (χ4v) is 1.67. The molecule has 1 heterocycles. The van der Waals surface area contributed by atoms with Crippen LogP contribution in [0.5, 0.6) is 0 Å². The van der Waals surface area contributed by atoms with Crippen molar-refractivity contribution >= 4 is 0 Å². The molecule has 0 aromatic heterocycles. The number of rotatable bonds is 7. The van der Waals surface area contributed by atoms with Crippen molar-refractivity contribution in [1.82, 2.24) is 0 Å². The lowest BCUT2D eigenvalue weighted by Crippen LogP contribution is -2.17. The van der Waals surface area contributed by atoms with Gasteiger partial charge in [-0.25, -0.2) is 0 Å². The standard InChI is InChI=1S/C11H22O3/c1-3-4-5-6-7-11-13-9-10(14-11)8-12-2/h10-11H,3-9H2,1-2H3/t10-,11-/m1/s1. The summed E-state index contributed by atoms with van der Waals surface area (Å²) in [4.78, 5) is 0. The molecule has 1 fully saturated rings. The van der Waals surface area contributed by atoms with Crippen molar-refractivity contribution in [1.29, 1.82) is 0 Å². The lowest BCUT2D eigenvalue weighted by molar-refractivity contribution is -0.0728. The Morgan fingerprint density at radius 1 is 1.29 bits per heavy atom. The molecule has 0 saturated carbocycles. The Morgan fingerprint density at radius 3 is 2.86 bits per heavy atom. The summed E-state index contributed by atoms with van der Waals surface area (Å²) in [5, 5.41) is 0. The molecule has 2 atom stereocenters. The predicted octanol–water partition coefficient (Wildman–Crippen LogP) is 2.34. The Hall–Kier alpha value is -0.120. The zero-order chi connectivity index (χ0) is 10.2. The van der Waals surface area contributed by atoms with E-state index in [9.17, 15) is 0 Å². The van der Waals surface area contributed by atoms with Gasteiger partial charge in [0.25, 0.3) is 0 Å². The monoisotopic (exact) mass is 202 g/mol. The second-order valence-electron chi connectivity index (χ2n) is 3.83. The van der Waals surface area contributed by atoms with Crippen molar-refractivity contribution in [3.8, 4) is 0 Å². The minimum Gasteiger partial charge on any atom is -0.382 e. The number of methoxy groups -OCH3 is 1. The van der Waals surface area contributed by atoms with Crippen LogP contribution in [0, 0.1) is 0 Å². The van der Waals surface area contributed by atoms with E-state index < -0.39 is 0 Å². The maximum absolute atomic E-state index is 5.63. The van der Waals surface area contributed by atoms with E-state index in [4.69, 9.17) is 14.2 Å². The third-order valence-electron chi connectivity index (χ3n) is 2.46. The molecule has 84 valence electrons. The van der Waals surface area contributed by atoms with E-state index in [1.54, 1.807) is 7.11 Å². The summed E-state index contributed by atoms with van der Waals surface area (Å²) in [6.45, 7) is 3.55. The Bertz CT molecular complexity index is 138. The van der Waals surface area contributed by atoms with Gasteiger partial charge in [0.15, 0.2) is 6.29 Å². The van der Waals surface area contributed by atoms with Gasteiger partial charge in [0.05, 0.1) is 13.2 Å². The maximum atomic E-state index is 5.63. The molecule has 0 aromatic rings. The molecule has 1 aliphatic rings. The van der Waals surface area contributed by atoms with E-state index in [1.165, 1.54) is 25.7 Å². The van der Waals surface area contributed by atoms with E-state index in [1.807, 2.05) is 0 Å². The van der Waals surface area contributed by atoms with Crippen LogP contribution in [0.15, 0.2) is 0 Å². The molecule has 0 amide bonds. The molecule has 0 radical (unpaired) electrons. The van der Waals surface area contributed by atoms with Crippen LogP contribution in [0.2, 0.25) is 0 Å². The molecule has 0 spiro atoms. The van der Waals surface area contributed by atoms with Gasteiger partial charge in [-0.1, -0.05) is 26.2 Å². The molecule has 0 N–H and O–H groups in total. The minimum absolute atomic E-state index is 0.0204. The van der Waals surface area contributed by atoms with Crippen molar-refractivity contribution in [2.45, 2.75) is 51.4 Å². The van der Waals surface area contributed by atoms with Crippen molar-refractivity contribution < 1.29 is 14.2 Å². The third-order valence-corrected chi connectivity index (χ3v) is 2.46.